The molecule has 0 unspecified atom stereocenters. The van der Waals surface area contributed by atoms with E-state index in [0.717, 1.165) is 12.8 Å². The first-order valence-corrected chi connectivity index (χ1v) is 12.4. The van der Waals surface area contributed by atoms with Gasteiger partial charge in [0.25, 0.3) is 0 Å². The monoisotopic (exact) mass is 362 g/mol. The van der Waals surface area contributed by atoms with Crippen LogP contribution in [-0.2, 0) is 20.2 Å². The van der Waals surface area contributed by atoms with Gasteiger partial charge < -0.3 is 13.7 Å². The van der Waals surface area contributed by atoms with Gasteiger partial charge in [-0.15, -0.1) is 0 Å². The van der Waals surface area contributed by atoms with Gasteiger partial charge in [-0.25, -0.2) is 0 Å². The molecule has 5 heteroatoms. The molecule has 0 radical (unpaired) electrons. The number of aryl methyl sites for hydroxylation is 1. The number of benzene rings is 1. The topological polar surface area (TPSA) is 27.7 Å². The lowest BCUT2D eigenvalue weighted by molar-refractivity contribution is 0.00578. The Morgan fingerprint density at radius 1 is 1.04 bits per heavy atom. The van der Waals surface area contributed by atoms with Crippen LogP contribution in [0.3, 0.4) is 0 Å². The van der Waals surface area contributed by atoms with E-state index < -0.39 is 8.32 Å². The van der Waals surface area contributed by atoms with Gasteiger partial charge in [0.2, 0.25) is 0 Å². The Bertz CT molecular complexity index is 543. The van der Waals surface area contributed by atoms with E-state index in [1.54, 1.807) is 0 Å². The van der Waals surface area contributed by atoms with E-state index in [9.17, 15) is 0 Å². The predicted octanol–water partition coefficient (Wildman–Crippen LogP) is 5.32. The number of hydrogen-bond acceptors (Lipinski definition) is 3. The predicted molar refractivity (Wildman–Crippen MR) is 109 cm³/mol. The molecule has 1 saturated heterocycles. The summed E-state index contributed by atoms with van der Waals surface area (Å²) in [4.78, 5) is 0. The van der Waals surface area contributed by atoms with Crippen molar-refractivity contribution in [2.24, 2.45) is 0 Å². The van der Waals surface area contributed by atoms with E-state index in [1.165, 1.54) is 5.56 Å². The SMILES string of the molecule is CO[Si](C)(C)[C@@H](CCc1ccccc1)[C@@H](C)B1OC(C)(C)C(C)(C)O1. The molecule has 0 aliphatic carbocycles. The van der Waals surface area contributed by atoms with Crippen LogP contribution < -0.4 is 0 Å². The Kier molecular flexibility index (Phi) is 6.25. The number of rotatable bonds is 7. The lowest BCUT2D eigenvalue weighted by Crippen LogP contribution is -2.42. The average Bonchev–Trinajstić information content (AvgIpc) is 2.76. The Labute approximate surface area is 155 Å². The molecule has 1 aliphatic rings. The van der Waals surface area contributed by atoms with Crippen LogP contribution in [0.25, 0.3) is 0 Å². The molecule has 0 N–H and O–H groups in total. The molecule has 1 heterocycles. The molecule has 0 saturated carbocycles. The van der Waals surface area contributed by atoms with Gasteiger partial charge in [0.05, 0.1) is 11.2 Å². The molecule has 25 heavy (non-hydrogen) atoms. The van der Waals surface area contributed by atoms with Crippen molar-refractivity contribution in [3.63, 3.8) is 0 Å². The van der Waals surface area contributed by atoms with Crippen LogP contribution in [0.15, 0.2) is 30.3 Å². The molecule has 1 aromatic carbocycles. The summed E-state index contributed by atoms with van der Waals surface area (Å²) in [7, 11) is -0.157. The molecule has 0 aromatic heterocycles. The summed E-state index contributed by atoms with van der Waals surface area (Å²) in [6, 6.07) is 10.7. The molecule has 2 atom stereocenters. The largest absolute Gasteiger partial charge is 0.460 e. The fraction of sp³-hybridized carbons (Fsp3) is 0.700. The van der Waals surface area contributed by atoms with Crippen molar-refractivity contribution in [3.05, 3.63) is 35.9 Å². The molecular formula is C20H35BO3Si. The Morgan fingerprint density at radius 3 is 2.04 bits per heavy atom. The van der Waals surface area contributed by atoms with Crippen LogP contribution in [0.1, 0.15) is 46.6 Å². The molecule has 1 aliphatic heterocycles. The first-order valence-electron chi connectivity index (χ1n) is 9.45. The standard InChI is InChI=1S/C20H35BO3Si/c1-16(21-23-19(2,3)20(4,5)24-21)18(25(7,8)22-6)15-14-17-12-10-9-11-13-17/h9-13,16,18H,14-15H2,1-8H3/t16-,18+/m1/s1. The third kappa shape index (κ3) is 4.57. The van der Waals surface area contributed by atoms with E-state index in [2.05, 4.69) is 78.0 Å². The maximum Gasteiger partial charge on any atom is 0.460 e. The van der Waals surface area contributed by atoms with Gasteiger partial charge in [-0.05, 0) is 70.6 Å². The Balaban J connectivity index is 2.15. The zero-order chi connectivity index (χ0) is 18.9. The van der Waals surface area contributed by atoms with Crippen molar-refractivity contribution in [2.45, 2.75) is 83.1 Å². The third-order valence-corrected chi connectivity index (χ3v) is 9.99. The highest BCUT2D eigenvalue weighted by Gasteiger charge is 2.55. The molecule has 0 bridgehead atoms. The van der Waals surface area contributed by atoms with E-state index in [0.29, 0.717) is 11.4 Å². The molecule has 1 fully saturated rings. The fourth-order valence-corrected chi connectivity index (χ4v) is 6.22. The van der Waals surface area contributed by atoms with Gasteiger partial charge in [0.1, 0.15) is 0 Å². The first kappa shape index (κ1) is 20.7. The summed E-state index contributed by atoms with van der Waals surface area (Å²) in [6.45, 7) is 15.4. The molecule has 2 rings (SSSR count). The van der Waals surface area contributed by atoms with Crippen molar-refractivity contribution < 1.29 is 13.7 Å². The normalized spacial score (nSPS) is 22.0. The minimum atomic E-state index is -1.84. The maximum atomic E-state index is 6.34. The van der Waals surface area contributed by atoms with Crippen molar-refractivity contribution in [1.82, 2.24) is 0 Å². The average molecular weight is 362 g/mol. The van der Waals surface area contributed by atoms with Gasteiger partial charge in [0.15, 0.2) is 8.32 Å². The maximum absolute atomic E-state index is 6.34. The summed E-state index contributed by atoms with van der Waals surface area (Å²) in [5.41, 5.74) is 1.28. The van der Waals surface area contributed by atoms with Crippen LogP contribution in [0.5, 0.6) is 0 Å². The summed E-state index contributed by atoms with van der Waals surface area (Å²) in [5.74, 6) is 0.298. The zero-order valence-corrected chi connectivity index (χ0v) is 18.3. The molecule has 0 amide bonds. The quantitative estimate of drug-likeness (QED) is 0.614. The van der Waals surface area contributed by atoms with Gasteiger partial charge in [-0.3, -0.25) is 0 Å². The summed E-state index contributed by atoms with van der Waals surface area (Å²) < 4.78 is 18.7. The fourth-order valence-electron chi connectivity index (χ4n) is 3.65. The lowest BCUT2D eigenvalue weighted by Gasteiger charge is -2.36. The highest BCUT2D eigenvalue weighted by atomic mass is 28.4. The number of hydrogen-bond donors (Lipinski definition) is 0. The third-order valence-electron chi connectivity index (χ3n) is 6.34. The first-order chi connectivity index (χ1) is 11.5. The molecule has 140 valence electrons. The van der Waals surface area contributed by atoms with E-state index in [-0.39, 0.29) is 18.3 Å². The highest BCUT2D eigenvalue weighted by Crippen LogP contribution is 2.47. The van der Waals surface area contributed by atoms with Gasteiger partial charge in [-0.2, -0.15) is 0 Å². The van der Waals surface area contributed by atoms with Gasteiger partial charge in [-0.1, -0.05) is 37.3 Å². The van der Waals surface area contributed by atoms with Gasteiger partial charge >= 0.3 is 7.12 Å². The van der Waals surface area contributed by atoms with Crippen LogP contribution in [-0.4, -0.2) is 33.7 Å². The van der Waals surface area contributed by atoms with E-state index in [1.807, 2.05) is 7.11 Å². The molecule has 1 aromatic rings. The summed E-state index contributed by atoms with van der Waals surface area (Å²) in [5, 5.41) is 0. The van der Waals surface area contributed by atoms with Gasteiger partial charge in [0, 0.05) is 7.11 Å². The molecule has 3 nitrogen and oxygen atoms in total. The zero-order valence-electron chi connectivity index (χ0n) is 17.3. The molecule has 0 spiro atoms. The van der Waals surface area contributed by atoms with Crippen LogP contribution >= 0.6 is 0 Å². The Hall–Kier alpha value is -0.618. The second kappa shape index (κ2) is 7.55. The second-order valence-electron chi connectivity index (χ2n) is 8.92. The summed E-state index contributed by atoms with van der Waals surface area (Å²) >= 11 is 0. The van der Waals surface area contributed by atoms with Crippen LogP contribution in [0.2, 0.25) is 24.5 Å². The van der Waals surface area contributed by atoms with Crippen molar-refractivity contribution in [2.75, 3.05) is 7.11 Å². The van der Waals surface area contributed by atoms with Crippen molar-refractivity contribution in [1.29, 1.82) is 0 Å². The second-order valence-corrected chi connectivity index (χ2v) is 13.3. The van der Waals surface area contributed by atoms with Crippen LogP contribution in [0.4, 0.5) is 0 Å². The minimum Gasteiger partial charge on any atom is -0.420 e. The lowest BCUT2D eigenvalue weighted by atomic mass is 9.70. The summed E-state index contributed by atoms with van der Waals surface area (Å²) in [6.07, 6.45) is 2.16. The minimum absolute atomic E-state index is 0.173. The van der Waals surface area contributed by atoms with Crippen LogP contribution in [0, 0.1) is 0 Å². The smallest absolute Gasteiger partial charge is 0.420 e. The highest BCUT2D eigenvalue weighted by molar-refractivity contribution is 6.74. The van der Waals surface area contributed by atoms with Crippen molar-refractivity contribution in [3.8, 4) is 0 Å². The van der Waals surface area contributed by atoms with Crippen molar-refractivity contribution >= 4 is 15.4 Å². The van der Waals surface area contributed by atoms with E-state index in [4.69, 9.17) is 13.7 Å². The molecular weight excluding hydrogens is 327 g/mol. The van der Waals surface area contributed by atoms with E-state index >= 15 is 0 Å². The Morgan fingerprint density at radius 2 is 1.56 bits per heavy atom.